The number of likely N-dealkylation sites (tertiary alicyclic amines) is 5. The van der Waals surface area contributed by atoms with Gasteiger partial charge in [0.05, 0.1) is 11.4 Å². The Morgan fingerprint density at radius 3 is 1.20 bits per heavy atom. The summed E-state index contributed by atoms with van der Waals surface area (Å²) in [6.07, 6.45) is 25.8. The van der Waals surface area contributed by atoms with Gasteiger partial charge in [-0.15, -0.1) is 13.2 Å². The average molecular weight is 1810 g/mol. The van der Waals surface area contributed by atoms with Crippen molar-refractivity contribution in [1.29, 1.82) is 0 Å². The number of nitrogen functional groups attached to an aromatic ring is 1. The second kappa shape index (κ2) is 35.5. The Morgan fingerprint density at radius 2 is 0.780 bits per heavy atom. The number of nitrogens with zero attached hydrogens (tertiary/aromatic N) is 10. The summed E-state index contributed by atoms with van der Waals surface area (Å²) < 4.78 is 66.6. The average Bonchev–Trinajstić information content (AvgIpc) is 0.763. The first-order valence-electron chi connectivity index (χ1n) is 50.8. The molecule has 132 heavy (non-hydrogen) atoms. The predicted molar refractivity (Wildman–Crippen MR) is 530 cm³/mol. The lowest BCUT2D eigenvalue weighted by atomic mass is 9.57. The van der Waals surface area contributed by atoms with Crippen molar-refractivity contribution in [2.45, 2.75) is 302 Å². The van der Waals surface area contributed by atoms with Crippen molar-refractivity contribution in [3.05, 3.63) is 216 Å². The van der Waals surface area contributed by atoms with Crippen LogP contribution in [0.5, 0.6) is 5.75 Å². The standard InChI is InChI=1S/C33H38N2.C21H28F3NO3S.C20H30N2.2C18H24N4.C2H4/c1-22-19-28-20-29-24(3)33(4,17-18-35(29)21-25-15-16-25)30(28)23(2)31(22)34-32(26-11-7-5-8-12-26)27-13-9-6-10-14-27;1-12-9-16-10-17-14(3)20(4,7-8-25(17)11-15-5-6-15)18(16)13(2)19(12)28-29(26,27)21(22,23)24;1-12-9-16-10-17-14(3)20(4,18(16)13(2)19(12)21)7-8-22(17)11-15-5-6-15;1-11-17-8-13-7-15-16(20-21-19-15)9-14(13)18(11,2)5-6-22(17)10-12-3-4-12;1-11-15-9-13-5-6-14-17(20-21-19-14)16(13)18(11,2)7-8-22(15)10-12-3-4-12;1-2/h5-14,19,24-25,29H,15-18,20-21H2,1-4H3;9,14-15,17H,5-8,10-11H2,1-4H3;9,14-15,17H,5-8,10-11,21H2,1-4H3;7,9,11-12,17H,3-6,8,10H2,1-2H3,(H,19,20,21);5-6,11-12,15H,3-4,7-10H2,1-2H3,(H,19,20,21);1-2H2/t24-,29?,33-;2*14-,17?,20-;11-,17?,18-;11-,15?,18-;/m00000./s1. The number of rotatable bonds is 15. The molecule has 15 atom stereocenters. The van der Waals surface area contributed by atoms with E-state index in [9.17, 15) is 21.6 Å². The van der Waals surface area contributed by atoms with E-state index in [4.69, 9.17) is 10.7 Å². The van der Waals surface area contributed by atoms with Crippen LogP contribution in [0.4, 0.5) is 24.5 Å². The number of aromatic amines is 2. The van der Waals surface area contributed by atoms with Crippen LogP contribution in [-0.4, -0.2) is 171 Å². The molecule has 5 saturated carbocycles. The van der Waals surface area contributed by atoms with E-state index in [0.717, 1.165) is 118 Å². The molecule has 10 fully saturated rings. The monoisotopic (exact) mass is 1810 g/mol. The Hall–Kier alpha value is -8.11. The first-order valence-corrected chi connectivity index (χ1v) is 52.2. The summed E-state index contributed by atoms with van der Waals surface area (Å²) in [4.78, 5) is 19.3. The van der Waals surface area contributed by atoms with Crippen molar-refractivity contribution in [3.63, 3.8) is 0 Å². The van der Waals surface area contributed by atoms with Crippen LogP contribution in [0.1, 0.15) is 266 Å². The van der Waals surface area contributed by atoms with E-state index in [0.29, 0.717) is 63.9 Å². The second-order valence-electron chi connectivity index (χ2n) is 45.3. The lowest BCUT2D eigenvalue weighted by Gasteiger charge is -2.55. The van der Waals surface area contributed by atoms with Gasteiger partial charge in [0.1, 0.15) is 27.8 Å². The first kappa shape index (κ1) is 92.9. The van der Waals surface area contributed by atoms with E-state index in [1.165, 1.54) is 229 Å². The summed E-state index contributed by atoms with van der Waals surface area (Å²) in [7, 11) is -5.70. The van der Waals surface area contributed by atoms with Crippen LogP contribution in [0.3, 0.4) is 0 Å². The molecule has 15 aliphatic rings. The third-order valence-corrected chi connectivity index (χ3v) is 38.2. The number of aromatic nitrogens is 6. The molecule has 7 aromatic carbocycles. The highest BCUT2D eigenvalue weighted by atomic mass is 32.2. The van der Waals surface area contributed by atoms with Crippen molar-refractivity contribution in [3.8, 4) is 5.75 Å². The molecule has 5 saturated heterocycles. The molecular weight excluding hydrogens is 1660 g/mol. The first-order chi connectivity index (χ1) is 63.0. The molecule has 706 valence electrons. The molecule has 16 nitrogen and oxygen atoms in total. The van der Waals surface area contributed by atoms with Gasteiger partial charge in [-0.1, -0.05) is 154 Å². The van der Waals surface area contributed by atoms with Gasteiger partial charge in [-0.05, 0) is 391 Å². The fraction of sp³-hybridized carbons (Fsp3) is 0.598. The van der Waals surface area contributed by atoms with Crippen LogP contribution < -0.4 is 9.92 Å². The largest absolute Gasteiger partial charge is 0.534 e. The van der Waals surface area contributed by atoms with Crippen LogP contribution in [-0.2, 0) is 69.3 Å². The number of aliphatic imine (C=N–C) groups is 1. The molecule has 4 N–H and O–H groups in total. The highest BCUT2D eigenvalue weighted by molar-refractivity contribution is 7.88. The minimum absolute atomic E-state index is 0.173. The number of benzene rings is 7. The number of alkyl halides is 3. The zero-order valence-corrected chi connectivity index (χ0v) is 82.7. The van der Waals surface area contributed by atoms with Gasteiger partial charge in [-0.3, -0.25) is 24.5 Å². The van der Waals surface area contributed by atoms with Gasteiger partial charge in [0, 0.05) is 85.2 Å². The summed E-state index contributed by atoms with van der Waals surface area (Å²) in [5, 5.41) is 23.0. The van der Waals surface area contributed by atoms with Crippen molar-refractivity contribution in [1.82, 2.24) is 55.3 Å². The van der Waals surface area contributed by atoms with Gasteiger partial charge >= 0.3 is 15.6 Å². The van der Waals surface area contributed by atoms with Crippen LogP contribution >= 0.6 is 0 Å². The SMILES string of the molecule is C=C.C[C@H]1C2Cc3cc4n[nH]nc4cc3[C@@]1(C)CCN2CC1CC1.C[C@H]1C2Cc3ccc4n[nH]nc4c3[C@@]1(C)CCN2CC1CC1.Cc1cc2c(c(C)c1N)[C@@]1(C)CCN(CC3CC3)C(C2)[C@@H]1C.Cc1cc2c(c(C)c1N=C(c1ccccc1)c1ccccc1)[C@@]1(C)CCN(CC3CC3)C(C2)[C@@H]1C.Cc1cc2c(c(C)c1OS(=O)(=O)C(F)(F)F)[C@@]1(C)CCN(CC3CC3)C(C2)[C@@H]1C. The predicted octanol–water partition coefficient (Wildman–Crippen LogP) is 22.3. The molecule has 5 unspecified atom stereocenters. The Bertz CT molecular complexity index is 5890. The van der Waals surface area contributed by atoms with Gasteiger partial charge in [0.15, 0.2) is 0 Å². The van der Waals surface area contributed by atoms with Crippen LogP contribution in [0.15, 0.2) is 121 Å². The summed E-state index contributed by atoms with van der Waals surface area (Å²) >= 11 is 0. The molecule has 0 spiro atoms. The van der Waals surface area contributed by atoms with E-state index in [2.05, 4.69) is 267 Å². The van der Waals surface area contributed by atoms with Gasteiger partial charge in [-0.2, -0.15) is 52.4 Å². The van der Waals surface area contributed by atoms with E-state index >= 15 is 0 Å². The topological polar surface area (TPSA) is 181 Å². The number of hydrogen-bond acceptors (Lipinski definition) is 14. The van der Waals surface area contributed by atoms with Crippen LogP contribution in [0.25, 0.3) is 22.1 Å². The molecule has 0 radical (unpaired) electrons. The van der Waals surface area contributed by atoms with Gasteiger partial charge in [-0.25, -0.2) is 4.99 Å². The maximum atomic E-state index is 12.9. The van der Waals surface area contributed by atoms with E-state index < -0.39 is 15.6 Å². The number of aryl methyl sites for hydroxylation is 3. The minimum atomic E-state index is -5.70. The summed E-state index contributed by atoms with van der Waals surface area (Å²) in [6, 6.07) is 40.3. The quantitative estimate of drug-likeness (QED) is 0.0290. The second-order valence-corrected chi connectivity index (χ2v) is 46.8. The maximum absolute atomic E-state index is 12.9. The highest BCUT2D eigenvalue weighted by Crippen LogP contribution is 2.59. The van der Waals surface area contributed by atoms with Crippen molar-refractivity contribution in [2.75, 3.05) is 71.2 Å². The lowest BCUT2D eigenvalue weighted by Crippen LogP contribution is -2.58. The van der Waals surface area contributed by atoms with Gasteiger partial charge in [0.2, 0.25) is 0 Å². The van der Waals surface area contributed by atoms with Gasteiger partial charge < -0.3 is 9.92 Å². The van der Waals surface area contributed by atoms with Crippen molar-refractivity contribution in [2.24, 2.45) is 64.2 Å². The third-order valence-electron chi connectivity index (χ3n) is 37.3. The summed E-state index contributed by atoms with van der Waals surface area (Å²) in [5.41, 5.74) is 32.3. The molecule has 5 aliphatic heterocycles. The molecule has 7 heterocycles. The van der Waals surface area contributed by atoms with E-state index in [1.807, 2.05) is 6.07 Å². The molecule has 24 rings (SSSR count). The Balaban J connectivity index is 0.000000107. The van der Waals surface area contributed by atoms with Crippen LogP contribution in [0.2, 0.25) is 0 Å². The zero-order valence-electron chi connectivity index (χ0n) is 81.9. The Labute approximate surface area is 785 Å². The van der Waals surface area contributed by atoms with Crippen LogP contribution in [0, 0.1) is 101 Å². The fourth-order valence-electron chi connectivity index (χ4n) is 27.8. The molecule has 10 bridgehead atoms. The fourth-order valence-corrected chi connectivity index (χ4v) is 28.4. The third kappa shape index (κ3) is 17.0. The summed E-state index contributed by atoms with van der Waals surface area (Å²) in [6.45, 7) is 55.1. The number of nitrogens with one attached hydrogen (secondary N) is 2. The number of fused-ring (bicyclic) bond motifs is 23. The Kier molecular flexibility index (Phi) is 25.0. The number of H-pyrrole nitrogens is 2. The molecule has 9 aromatic rings. The van der Waals surface area contributed by atoms with Crippen molar-refractivity contribution < 1.29 is 25.8 Å². The minimum Gasteiger partial charge on any atom is -0.398 e. The molecule has 2 aromatic heterocycles. The number of piperidine rings is 5. The normalized spacial score (nSPS) is 30.8. The van der Waals surface area contributed by atoms with Crippen molar-refractivity contribution >= 4 is 49.3 Å². The number of nitrogens with two attached hydrogens (primary N) is 1. The summed E-state index contributed by atoms with van der Waals surface area (Å²) in [5.74, 6) is 7.69. The molecule has 10 aliphatic carbocycles. The number of halogens is 3. The van der Waals surface area contributed by atoms with Gasteiger partial charge in [0.25, 0.3) is 0 Å². The molecular formula is C112H148F3N13O3S. The number of anilines is 1. The van der Waals surface area contributed by atoms with E-state index in [1.54, 1.807) is 36.1 Å². The molecule has 0 amide bonds. The lowest BCUT2D eigenvalue weighted by molar-refractivity contribution is -0.0500. The number of hydrogen-bond donors (Lipinski definition) is 3. The maximum Gasteiger partial charge on any atom is 0.534 e. The molecule has 20 heteroatoms. The smallest absolute Gasteiger partial charge is 0.398 e. The Morgan fingerprint density at radius 1 is 0.432 bits per heavy atom. The highest BCUT2D eigenvalue weighted by Gasteiger charge is 2.57. The zero-order chi connectivity index (χ0) is 92.9. The van der Waals surface area contributed by atoms with E-state index in [-0.39, 0.29) is 22.0 Å².